The number of carbonyl (C=O) groups excluding carboxylic acids is 3. The third kappa shape index (κ3) is 2.33. The van der Waals surface area contributed by atoms with Gasteiger partial charge in [-0.2, -0.15) is 5.10 Å². The summed E-state index contributed by atoms with van der Waals surface area (Å²) in [6.45, 7) is 3.75. The van der Waals surface area contributed by atoms with Gasteiger partial charge in [0.15, 0.2) is 5.69 Å². The fraction of sp³-hybridized carbons (Fsp3) is 0.294. The number of fused-ring (bicyclic) bond motifs is 2. The van der Waals surface area contributed by atoms with E-state index in [1.165, 1.54) is 12.1 Å². The van der Waals surface area contributed by atoms with Crippen molar-refractivity contribution in [1.82, 2.24) is 15.3 Å². The quantitative estimate of drug-likeness (QED) is 0.836. The predicted molar refractivity (Wildman–Crippen MR) is 83.6 cm³/mol. The minimum atomic E-state index is -0.853. The smallest absolute Gasteiger partial charge is 0.369 e. The standard InChI is InChI=1S/C17H15N3O5/c1-8-7-12-13(9(2)24-8)18-19-14(12)17(23)25-20-15(21)10-5-3-4-6-11(10)16(20)22/h3-6,8-9H,7H2,1-2H3,(H,18,19)/t8-,9+/m1/s1. The third-order valence-corrected chi connectivity index (χ3v) is 4.36. The van der Waals surface area contributed by atoms with Gasteiger partial charge in [-0.15, -0.1) is 0 Å². The van der Waals surface area contributed by atoms with Gasteiger partial charge in [0.25, 0.3) is 11.8 Å². The van der Waals surface area contributed by atoms with Crippen LogP contribution < -0.4 is 0 Å². The van der Waals surface area contributed by atoms with Gasteiger partial charge in [0, 0.05) is 12.0 Å². The number of nitrogens with one attached hydrogen (secondary N) is 1. The van der Waals surface area contributed by atoms with Crippen molar-refractivity contribution >= 4 is 17.8 Å². The van der Waals surface area contributed by atoms with Crippen LogP contribution in [0.2, 0.25) is 0 Å². The van der Waals surface area contributed by atoms with Crippen LogP contribution in [0.3, 0.4) is 0 Å². The Balaban J connectivity index is 1.60. The fourth-order valence-corrected chi connectivity index (χ4v) is 3.22. The van der Waals surface area contributed by atoms with Crippen LogP contribution in [0.15, 0.2) is 24.3 Å². The molecule has 3 heterocycles. The van der Waals surface area contributed by atoms with Crippen LogP contribution in [0.1, 0.15) is 62.4 Å². The molecule has 0 aliphatic carbocycles. The summed E-state index contributed by atoms with van der Waals surface area (Å²) in [4.78, 5) is 42.1. The lowest BCUT2D eigenvalue weighted by Crippen LogP contribution is -2.33. The molecule has 0 unspecified atom stereocenters. The first-order valence-electron chi connectivity index (χ1n) is 7.90. The molecule has 0 saturated carbocycles. The summed E-state index contributed by atoms with van der Waals surface area (Å²) < 4.78 is 5.67. The largest absolute Gasteiger partial charge is 0.384 e. The molecule has 0 fully saturated rings. The fourth-order valence-electron chi connectivity index (χ4n) is 3.22. The number of imide groups is 1. The first kappa shape index (κ1) is 15.5. The summed E-state index contributed by atoms with van der Waals surface area (Å²) >= 11 is 0. The van der Waals surface area contributed by atoms with Crippen LogP contribution >= 0.6 is 0 Å². The molecule has 128 valence electrons. The molecule has 8 nitrogen and oxygen atoms in total. The number of ether oxygens (including phenoxy) is 1. The number of amides is 2. The lowest BCUT2D eigenvalue weighted by Gasteiger charge is -2.25. The number of hydrogen-bond donors (Lipinski definition) is 1. The van der Waals surface area contributed by atoms with Crippen molar-refractivity contribution in [3.8, 4) is 0 Å². The highest BCUT2D eigenvalue weighted by Crippen LogP contribution is 2.31. The van der Waals surface area contributed by atoms with Gasteiger partial charge in [0.05, 0.1) is 29.0 Å². The Kier molecular flexibility index (Phi) is 3.43. The summed E-state index contributed by atoms with van der Waals surface area (Å²) in [6, 6.07) is 6.31. The Morgan fingerprint density at radius 1 is 1.24 bits per heavy atom. The molecule has 2 aliphatic heterocycles. The molecule has 0 radical (unpaired) electrons. The Labute approximate surface area is 142 Å². The molecule has 25 heavy (non-hydrogen) atoms. The number of H-pyrrole nitrogens is 1. The lowest BCUT2D eigenvalue weighted by atomic mass is 10.00. The van der Waals surface area contributed by atoms with Gasteiger partial charge >= 0.3 is 5.97 Å². The monoisotopic (exact) mass is 341 g/mol. The minimum absolute atomic E-state index is 0.0635. The molecule has 1 aromatic heterocycles. The van der Waals surface area contributed by atoms with Gasteiger partial charge in [-0.3, -0.25) is 14.7 Å². The van der Waals surface area contributed by atoms with Crippen molar-refractivity contribution in [2.75, 3.05) is 0 Å². The molecular formula is C17H15N3O5. The van der Waals surface area contributed by atoms with E-state index < -0.39 is 17.8 Å². The van der Waals surface area contributed by atoms with Crippen LogP contribution in [0.4, 0.5) is 0 Å². The van der Waals surface area contributed by atoms with E-state index in [1.807, 2.05) is 13.8 Å². The maximum atomic E-state index is 12.5. The highest BCUT2D eigenvalue weighted by atomic mass is 16.7. The van der Waals surface area contributed by atoms with E-state index in [1.54, 1.807) is 12.1 Å². The third-order valence-electron chi connectivity index (χ3n) is 4.36. The van der Waals surface area contributed by atoms with E-state index >= 15 is 0 Å². The number of carbonyl (C=O) groups is 3. The average Bonchev–Trinajstić information content (AvgIpc) is 3.11. The average molecular weight is 341 g/mol. The van der Waals surface area contributed by atoms with E-state index in [9.17, 15) is 14.4 Å². The molecule has 0 bridgehead atoms. The molecule has 1 N–H and O–H groups in total. The van der Waals surface area contributed by atoms with E-state index in [-0.39, 0.29) is 29.0 Å². The van der Waals surface area contributed by atoms with Gasteiger partial charge < -0.3 is 9.57 Å². The summed E-state index contributed by atoms with van der Waals surface area (Å²) in [6.07, 6.45) is 0.181. The molecule has 0 spiro atoms. The maximum Gasteiger partial charge on any atom is 0.384 e. The van der Waals surface area contributed by atoms with Crippen LogP contribution in [0.25, 0.3) is 0 Å². The number of hydrogen-bond acceptors (Lipinski definition) is 6. The zero-order chi connectivity index (χ0) is 17.7. The molecule has 0 saturated heterocycles. The van der Waals surface area contributed by atoms with Crippen LogP contribution in [0.5, 0.6) is 0 Å². The number of benzene rings is 1. The van der Waals surface area contributed by atoms with Gasteiger partial charge in [-0.05, 0) is 26.0 Å². The van der Waals surface area contributed by atoms with Gasteiger partial charge in [0.2, 0.25) is 0 Å². The van der Waals surface area contributed by atoms with Crippen LogP contribution in [-0.4, -0.2) is 39.1 Å². The summed E-state index contributed by atoms with van der Waals surface area (Å²) in [5.41, 5.74) is 1.87. The topological polar surface area (TPSA) is 102 Å². The Morgan fingerprint density at radius 2 is 1.88 bits per heavy atom. The van der Waals surface area contributed by atoms with Gasteiger partial charge in [-0.25, -0.2) is 4.79 Å². The van der Waals surface area contributed by atoms with Crippen molar-refractivity contribution in [3.63, 3.8) is 0 Å². The number of hydroxylamine groups is 2. The van der Waals surface area contributed by atoms with Gasteiger partial charge in [0.1, 0.15) is 0 Å². The zero-order valence-electron chi connectivity index (χ0n) is 13.6. The first-order valence-corrected chi connectivity index (χ1v) is 7.90. The van der Waals surface area contributed by atoms with E-state index in [0.717, 1.165) is 0 Å². The van der Waals surface area contributed by atoms with Gasteiger partial charge in [-0.1, -0.05) is 17.2 Å². The Bertz CT molecular complexity index is 868. The second-order valence-corrected chi connectivity index (χ2v) is 6.09. The molecule has 2 aromatic rings. The highest BCUT2D eigenvalue weighted by Gasteiger charge is 2.40. The van der Waals surface area contributed by atoms with Crippen molar-refractivity contribution < 1.29 is 24.0 Å². The van der Waals surface area contributed by atoms with E-state index in [4.69, 9.17) is 9.57 Å². The number of rotatable bonds is 2. The van der Waals surface area contributed by atoms with Crippen molar-refractivity contribution in [1.29, 1.82) is 0 Å². The second kappa shape index (κ2) is 5.52. The molecule has 2 amide bonds. The number of aromatic nitrogens is 2. The molecule has 2 aliphatic rings. The minimum Gasteiger partial charge on any atom is -0.369 e. The van der Waals surface area contributed by atoms with Crippen molar-refractivity contribution in [2.45, 2.75) is 32.5 Å². The second-order valence-electron chi connectivity index (χ2n) is 6.09. The van der Waals surface area contributed by atoms with Crippen molar-refractivity contribution in [3.05, 3.63) is 52.3 Å². The first-order chi connectivity index (χ1) is 12.0. The highest BCUT2D eigenvalue weighted by molar-refractivity contribution is 6.21. The molecule has 8 heteroatoms. The molecular weight excluding hydrogens is 326 g/mol. The molecule has 1 aromatic carbocycles. The van der Waals surface area contributed by atoms with E-state index in [0.29, 0.717) is 22.7 Å². The number of aromatic amines is 1. The Hall–Kier alpha value is -3.00. The summed E-state index contributed by atoms with van der Waals surface area (Å²) in [5, 5.41) is 7.26. The summed E-state index contributed by atoms with van der Waals surface area (Å²) in [5.74, 6) is -2.18. The maximum absolute atomic E-state index is 12.5. The molecule has 4 rings (SSSR count). The van der Waals surface area contributed by atoms with E-state index in [2.05, 4.69) is 10.2 Å². The van der Waals surface area contributed by atoms with Crippen LogP contribution in [0, 0.1) is 0 Å². The Morgan fingerprint density at radius 3 is 2.52 bits per heavy atom. The molecule has 2 atom stereocenters. The lowest BCUT2D eigenvalue weighted by molar-refractivity contribution is -0.0591. The SMILES string of the molecule is C[C@@H]1Cc2c(C(=O)ON3C(=O)c4ccccc4C3=O)n[nH]c2[C@H](C)O1. The predicted octanol–water partition coefficient (Wildman–Crippen LogP) is 1.80. The van der Waals surface area contributed by atoms with Crippen molar-refractivity contribution in [2.24, 2.45) is 0 Å². The van der Waals surface area contributed by atoms with Crippen LogP contribution in [-0.2, 0) is 16.0 Å². The number of nitrogens with zero attached hydrogens (tertiary/aromatic N) is 2. The normalized spacial score (nSPS) is 21.9. The summed E-state index contributed by atoms with van der Waals surface area (Å²) in [7, 11) is 0. The zero-order valence-corrected chi connectivity index (χ0v) is 13.6.